The number of alkyl halides is 3. The van der Waals surface area contributed by atoms with Crippen LogP contribution in [0.4, 0.5) is 19.0 Å². The third-order valence-electron chi connectivity index (χ3n) is 3.48. The summed E-state index contributed by atoms with van der Waals surface area (Å²) in [5.74, 6) is -0.111. The van der Waals surface area contributed by atoms with Crippen molar-refractivity contribution in [2.24, 2.45) is 0 Å². The van der Waals surface area contributed by atoms with Crippen LogP contribution in [0.25, 0.3) is 0 Å². The van der Waals surface area contributed by atoms with Gasteiger partial charge in [-0.1, -0.05) is 0 Å². The van der Waals surface area contributed by atoms with Gasteiger partial charge in [0.05, 0.1) is 5.56 Å². The van der Waals surface area contributed by atoms with Crippen molar-refractivity contribution in [2.75, 3.05) is 51.6 Å². The number of hydrogen-bond donors (Lipinski definition) is 1. The molecule has 0 bridgehead atoms. The zero-order chi connectivity index (χ0) is 15.5. The average Bonchev–Trinajstić information content (AvgIpc) is 2.41. The summed E-state index contributed by atoms with van der Waals surface area (Å²) in [5.41, 5.74) is -0.741. The van der Waals surface area contributed by atoms with Gasteiger partial charge in [0, 0.05) is 49.9 Å². The van der Waals surface area contributed by atoms with E-state index in [2.05, 4.69) is 43.1 Å². The molecule has 4 nitrogen and oxygen atoms in total. The minimum Gasteiger partial charge on any atom is -0.368 e. The maximum Gasteiger partial charge on any atom is 0.419 e. The van der Waals surface area contributed by atoms with E-state index in [1.54, 1.807) is 0 Å². The van der Waals surface area contributed by atoms with Gasteiger partial charge in [-0.05, 0) is 29.0 Å². The minimum absolute atomic E-state index is 0.111. The topological polar surface area (TPSA) is 31.4 Å². The summed E-state index contributed by atoms with van der Waals surface area (Å²) in [4.78, 5) is 8.31. The van der Waals surface area contributed by atoms with Crippen molar-refractivity contribution in [1.29, 1.82) is 0 Å². The lowest BCUT2D eigenvalue weighted by Gasteiger charge is -2.32. The molecule has 1 saturated heterocycles. The first-order chi connectivity index (χ1) is 9.86. The first kappa shape index (κ1) is 16.5. The van der Waals surface area contributed by atoms with Crippen molar-refractivity contribution >= 4 is 21.7 Å². The molecule has 1 aliphatic heterocycles. The summed E-state index contributed by atoms with van der Waals surface area (Å²) in [6.45, 7) is 5.02. The van der Waals surface area contributed by atoms with Crippen LogP contribution in [0.2, 0.25) is 0 Å². The Labute approximate surface area is 130 Å². The largest absolute Gasteiger partial charge is 0.419 e. The van der Waals surface area contributed by atoms with Gasteiger partial charge in [0.1, 0.15) is 5.82 Å². The predicted octanol–water partition coefficient (Wildman–Crippen LogP) is 2.52. The third-order valence-corrected chi connectivity index (χ3v) is 3.91. The fourth-order valence-electron chi connectivity index (χ4n) is 2.20. The third kappa shape index (κ3) is 4.82. The monoisotopic (exact) mass is 366 g/mol. The van der Waals surface area contributed by atoms with E-state index in [9.17, 15) is 13.2 Å². The molecule has 1 aromatic heterocycles. The standard InChI is InChI=1S/C13H18BrF3N4/c1-20-4-6-21(7-5-20)3-2-18-12-11(13(15,16)17)8-10(14)9-19-12/h8-9H,2-7H2,1H3,(H,18,19). The van der Waals surface area contributed by atoms with Crippen LogP contribution in [0, 0.1) is 0 Å². The number of aromatic nitrogens is 1. The molecule has 1 fully saturated rings. The quantitative estimate of drug-likeness (QED) is 0.887. The average molecular weight is 367 g/mol. The number of piperazine rings is 1. The van der Waals surface area contributed by atoms with E-state index in [0.29, 0.717) is 17.6 Å². The number of likely N-dealkylation sites (N-methyl/N-ethyl adjacent to an activating group) is 1. The highest BCUT2D eigenvalue weighted by Crippen LogP contribution is 2.35. The molecule has 1 aromatic rings. The Kier molecular flexibility index (Phi) is 5.45. The zero-order valence-electron chi connectivity index (χ0n) is 11.8. The van der Waals surface area contributed by atoms with Crippen molar-refractivity contribution in [1.82, 2.24) is 14.8 Å². The molecule has 0 unspecified atom stereocenters. The number of nitrogens with zero attached hydrogens (tertiary/aromatic N) is 3. The summed E-state index contributed by atoms with van der Waals surface area (Å²) in [7, 11) is 2.07. The van der Waals surface area contributed by atoms with E-state index < -0.39 is 11.7 Å². The molecule has 118 valence electrons. The van der Waals surface area contributed by atoms with Crippen LogP contribution in [0.1, 0.15) is 5.56 Å². The molecule has 2 heterocycles. The fourth-order valence-corrected chi connectivity index (χ4v) is 2.53. The minimum atomic E-state index is -4.41. The first-order valence-electron chi connectivity index (χ1n) is 6.74. The number of pyridine rings is 1. The molecule has 0 radical (unpaired) electrons. The highest BCUT2D eigenvalue weighted by atomic mass is 79.9. The molecule has 21 heavy (non-hydrogen) atoms. The van der Waals surface area contributed by atoms with Gasteiger partial charge in [0.2, 0.25) is 0 Å². The summed E-state index contributed by atoms with van der Waals surface area (Å²) in [6.07, 6.45) is -3.04. The van der Waals surface area contributed by atoms with E-state index in [-0.39, 0.29) is 5.82 Å². The number of rotatable bonds is 4. The Balaban J connectivity index is 1.91. The molecule has 0 aliphatic carbocycles. The number of halogens is 4. The molecule has 1 aliphatic rings. The van der Waals surface area contributed by atoms with Crippen molar-refractivity contribution in [3.63, 3.8) is 0 Å². The second-order valence-corrected chi connectivity index (χ2v) is 6.03. The number of nitrogens with one attached hydrogen (secondary N) is 1. The molecule has 0 saturated carbocycles. The smallest absolute Gasteiger partial charge is 0.368 e. The van der Waals surface area contributed by atoms with Crippen molar-refractivity contribution in [3.8, 4) is 0 Å². The van der Waals surface area contributed by atoms with Crippen LogP contribution in [-0.2, 0) is 6.18 Å². The number of hydrogen-bond acceptors (Lipinski definition) is 4. The molecule has 0 aromatic carbocycles. The van der Waals surface area contributed by atoms with Gasteiger partial charge in [-0.3, -0.25) is 4.90 Å². The highest BCUT2D eigenvalue weighted by molar-refractivity contribution is 9.10. The predicted molar refractivity (Wildman–Crippen MR) is 79.4 cm³/mol. The second-order valence-electron chi connectivity index (χ2n) is 5.12. The van der Waals surface area contributed by atoms with Crippen LogP contribution in [0.3, 0.4) is 0 Å². The van der Waals surface area contributed by atoms with Gasteiger partial charge in [-0.25, -0.2) is 4.98 Å². The summed E-state index contributed by atoms with van der Waals surface area (Å²) < 4.78 is 39.1. The normalized spacial score (nSPS) is 18.0. The van der Waals surface area contributed by atoms with E-state index >= 15 is 0 Å². The highest BCUT2D eigenvalue weighted by Gasteiger charge is 2.34. The van der Waals surface area contributed by atoms with E-state index in [4.69, 9.17) is 0 Å². The maximum absolute atomic E-state index is 12.9. The summed E-state index contributed by atoms with van der Waals surface area (Å²) in [5, 5.41) is 2.80. The van der Waals surface area contributed by atoms with Crippen LogP contribution in [0.15, 0.2) is 16.7 Å². The molecule has 0 spiro atoms. The Morgan fingerprint density at radius 3 is 2.57 bits per heavy atom. The van der Waals surface area contributed by atoms with E-state index in [1.807, 2.05) is 0 Å². The Morgan fingerprint density at radius 1 is 1.29 bits per heavy atom. The van der Waals surface area contributed by atoms with Gasteiger partial charge in [0.15, 0.2) is 0 Å². The molecule has 2 rings (SSSR count). The van der Waals surface area contributed by atoms with Crippen LogP contribution in [-0.4, -0.2) is 61.1 Å². The van der Waals surface area contributed by atoms with Crippen LogP contribution >= 0.6 is 15.9 Å². The lowest BCUT2D eigenvalue weighted by atomic mass is 10.2. The van der Waals surface area contributed by atoms with Crippen LogP contribution < -0.4 is 5.32 Å². The lowest BCUT2D eigenvalue weighted by Crippen LogP contribution is -2.45. The van der Waals surface area contributed by atoms with Gasteiger partial charge in [-0.15, -0.1) is 0 Å². The summed E-state index contributed by atoms with van der Waals surface area (Å²) in [6, 6.07) is 1.05. The van der Waals surface area contributed by atoms with Gasteiger partial charge < -0.3 is 10.2 Å². The van der Waals surface area contributed by atoms with Crippen LogP contribution in [0.5, 0.6) is 0 Å². The fraction of sp³-hybridized carbons (Fsp3) is 0.615. The maximum atomic E-state index is 12.9. The van der Waals surface area contributed by atoms with Gasteiger partial charge in [0.25, 0.3) is 0 Å². The first-order valence-corrected chi connectivity index (χ1v) is 7.53. The van der Waals surface area contributed by atoms with Crippen molar-refractivity contribution in [3.05, 3.63) is 22.3 Å². The van der Waals surface area contributed by atoms with Gasteiger partial charge in [-0.2, -0.15) is 13.2 Å². The zero-order valence-corrected chi connectivity index (χ0v) is 13.3. The lowest BCUT2D eigenvalue weighted by molar-refractivity contribution is -0.137. The van der Waals surface area contributed by atoms with Crippen molar-refractivity contribution in [2.45, 2.75) is 6.18 Å². The number of anilines is 1. The van der Waals surface area contributed by atoms with E-state index in [1.165, 1.54) is 6.20 Å². The molecule has 8 heteroatoms. The second kappa shape index (κ2) is 6.93. The molecule has 0 atom stereocenters. The Morgan fingerprint density at radius 2 is 1.95 bits per heavy atom. The van der Waals surface area contributed by atoms with Gasteiger partial charge >= 0.3 is 6.18 Å². The molecular weight excluding hydrogens is 349 g/mol. The molecule has 0 amide bonds. The SMILES string of the molecule is CN1CCN(CCNc2ncc(Br)cc2C(F)(F)F)CC1. The molecule has 1 N–H and O–H groups in total. The van der Waals surface area contributed by atoms with Crippen molar-refractivity contribution < 1.29 is 13.2 Å². The Hall–Kier alpha value is -0.860. The summed E-state index contributed by atoms with van der Waals surface area (Å²) >= 11 is 3.02. The molecular formula is C13H18BrF3N4. The van der Waals surface area contributed by atoms with E-state index in [0.717, 1.165) is 32.2 Å². The Bertz CT molecular complexity index is 473.